The molecule has 3 aromatic carbocycles. The minimum Gasteiger partial charge on any atom is -0.370 e. The van der Waals surface area contributed by atoms with Crippen LogP contribution in [0.4, 0.5) is 32.3 Å². The Kier molecular flexibility index (Phi) is 9.82. The number of urea groups is 2. The molecule has 208 valence electrons. The first-order chi connectivity index (χ1) is 19.0. The number of amides is 4. The van der Waals surface area contributed by atoms with E-state index in [9.17, 15) is 9.59 Å². The van der Waals surface area contributed by atoms with Gasteiger partial charge in [-0.3, -0.25) is 9.98 Å². The first-order valence-corrected chi connectivity index (χ1v) is 13.1. The number of anilines is 4. The van der Waals surface area contributed by atoms with Gasteiger partial charge in [0.25, 0.3) is 0 Å². The fourth-order valence-electron chi connectivity index (χ4n) is 4.21. The van der Waals surface area contributed by atoms with Gasteiger partial charge in [-0.25, -0.2) is 9.59 Å². The van der Waals surface area contributed by atoms with Crippen molar-refractivity contribution in [1.29, 1.82) is 0 Å². The molecule has 0 unspecified atom stereocenters. The first-order valence-electron chi connectivity index (χ1n) is 12.8. The number of benzene rings is 3. The number of hydrogen-bond donors (Lipinski definition) is 6. The Bertz CT molecular complexity index is 1440. The summed E-state index contributed by atoms with van der Waals surface area (Å²) in [4.78, 5) is 34.2. The van der Waals surface area contributed by atoms with Crippen molar-refractivity contribution in [3.8, 4) is 0 Å². The molecule has 0 fully saturated rings. The number of rotatable bonds is 6. The Morgan fingerprint density at radius 2 is 1.18 bits per heavy atom. The van der Waals surface area contributed by atoms with E-state index in [-0.39, 0.29) is 17.4 Å². The molecule has 0 saturated heterocycles. The standard InChI is InChI=1S/C28H29ClN8O2.ClH/c29-23-17-22(36-27(38)34-20-7-1-5-18(15-20)25-30-11-3-12-31-25)9-10-24(23)37-28(39)35-21-8-2-6-19(16-21)26-32-13-4-14-33-26;/h1-2,5-10,15-17H,3-4,11-14H2,(H,30,31)(H,32,33)(H2,34,36,38)(H2,35,37,39);1H. The molecule has 2 heterocycles. The molecule has 5 rings (SSSR count). The predicted molar refractivity (Wildman–Crippen MR) is 165 cm³/mol. The number of aliphatic imine (C=N–C) groups is 2. The summed E-state index contributed by atoms with van der Waals surface area (Å²) in [5.74, 6) is 1.65. The fraction of sp³-hybridized carbons (Fsp3) is 0.214. The number of halogens is 2. The van der Waals surface area contributed by atoms with E-state index in [0.717, 1.165) is 61.8 Å². The maximum absolute atomic E-state index is 12.6. The molecule has 3 aromatic rings. The molecule has 0 atom stereocenters. The van der Waals surface area contributed by atoms with Gasteiger partial charge in [0.15, 0.2) is 0 Å². The van der Waals surface area contributed by atoms with E-state index in [1.807, 2.05) is 36.4 Å². The quantitative estimate of drug-likeness (QED) is 0.229. The zero-order chi connectivity index (χ0) is 27.0. The second kappa shape index (κ2) is 13.7. The highest BCUT2D eigenvalue weighted by Gasteiger charge is 2.12. The predicted octanol–water partition coefficient (Wildman–Crippen LogP) is 5.53. The largest absolute Gasteiger partial charge is 0.370 e. The highest BCUT2D eigenvalue weighted by atomic mass is 35.5. The lowest BCUT2D eigenvalue weighted by molar-refractivity contribution is 0.261. The number of amidine groups is 2. The molecule has 6 N–H and O–H groups in total. The molecule has 0 radical (unpaired) electrons. The van der Waals surface area contributed by atoms with E-state index in [1.54, 1.807) is 30.3 Å². The van der Waals surface area contributed by atoms with Crippen LogP contribution in [0.1, 0.15) is 24.0 Å². The van der Waals surface area contributed by atoms with Crippen molar-refractivity contribution >= 4 is 70.5 Å². The monoisotopic (exact) mass is 580 g/mol. The number of carbonyl (C=O) groups excluding carboxylic acids is 2. The van der Waals surface area contributed by atoms with Crippen LogP contribution in [-0.4, -0.2) is 49.9 Å². The van der Waals surface area contributed by atoms with Gasteiger partial charge in [0.1, 0.15) is 11.7 Å². The van der Waals surface area contributed by atoms with E-state index in [2.05, 4.69) is 41.9 Å². The molecule has 4 amide bonds. The van der Waals surface area contributed by atoms with Gasteiger partial charge in [-0.1, -0.05) is 35.9 Å². The van der Waals surface area contributed by atoms with E-state index >= 15 is 0 Å². The van der Waals surface area contributed by atoms with Crippen LogP contribution < -0.4 is 31.9 Å². The van der Waals surface area contributed by atoms with Crippen LogP contribution in [0.25, 0.3) is 0 Å². The van der Waals surface area contributed by atoms with Crippen LogP contribution in [0, 0.1) is 0 Å². The Morgan fingerprint density at radius 1 is 0.675 bits per heavy atom. The Balaban J connectivity index is 0.00000370. The molecular weight excluding hydrogens is 551 g/mol. The molecule has 0 saturated carbocycles. The Hall–Kier alpha value is -4.28. The Labute approximate surface area is 243 Å². The maximum Gasteiger partial charge on any atom is 0.323 e. The molecule has 0 aromatic heterocycles. The first kappa shape index (κ1) is 28.7. The summed E-state index contributed by atoms with van der Waals surface area (Å²) in [7, 11) is 0. The second-order valence-corrected chi connectivity index (χ2v) is 9.44. The summed E-state index contributed by atoms with van der Waals surface area (Å²) in [6.07, 6.45) is 2.01. The van der Waals surface area contributed by atoms with Crippen LogP contribution >= 0.6 is 24.0 Å². The average Bonchev–Trinajstić information content (AvgIpc) is 2.96. The van der Waals surface area contributed by atoms with E-state index < -0.39 is 12.1 Å². The van der Waals surface area contributed by atoms with Gasteiger partial charge in [-0.15, -0.1) is 12.4 Å². The minimum absolute atomic E-state index is 0. The van der Waals surface area contributed by atoms with Gasteiger partial charge in [0, 0.05) is 54.4 Å². The molecule has 0 spiro atoms. The molecule has 2 aliphatic rings. The van der Waals surface area contributed by atoms with Crippen molar-refractivity contribution in [3.63, 3.8) is 0 Å². The second-order valence-electron chi connectivity index (χ2n) is 9.04. The van der Waals surface area contributed by atoms with Crippen LogP contribution in [0.15, 0.2) is 76.7 Å². The number of nitrogens with zero attached hydrogens (tertiary/aromatic N) is 2. The summed E-state index contributed by atoms with van der Waals surface area (Å²) in [6, 6.07) is 18.9. The van der Waals surface area contributed by atoms with Gasteiger partial charge in [-0.05, 0) is 55.3 Å². The third kappa shape index (κ3) is 7.64. The summed E-state index contributed by atoms with van der Waals surface area (Å²) in [5, 5.41) is 18.0. The smallest absolute Gasteiger partial charge is 0.323 e. The normalized spacial score (nSPS) is 14.2. The summed E-state index contributed by atoms with van der Waals surface area (Å²) < 4.78 is 0. The van der Waals surface area contributed by atoms with Gasteiger partial charge in [0.05, 0.1) is 10.7 Å². The molecule has 12 heteroatoms. The van der Waals surface area contributed by atoms with Gasteiger partial charge < -0.3 is 31.9 Å². The third-order valence-electron chi connectivity index (χ3n) is 6.06. The summed E-state index contributed by atoms with van der Waals surface area (Å²) >= 11 is 6.40. The molecule has 40 heavy (non-hydrogen) atoms. The van der Waals surface area contributed by atoms with E-state index in [4.69, 9.17) is 11.6 Å². The highest BCUT2D eigenvalue weighted by molar-refractivity contribution is 6.34. The number of carbonyl (C=O) groups is 2. The fourth-order valence-corrected chi connectivity index (χ4v) is 4.44. The number of hydrogen-bond acceptors (Lipinski definition) is 6. The van der Waals surface area contributed by atoms with E-state index in [1.165, 1.54) is 0 Å². The van der Waals surface area contributed by atoms with Crippen molar-refractivity contribution in [2.75, 3.05) is 47.4 Å². The van der Waals surface area contributed by atoms with Crippen molar-refractivity contribution in [2.45, 2.75) is 12.8 Å². The molecular formula is C28H30Cl2N8O2. The Morgan fingerprint density at radius 3 is 1.65 bits per heavy atom. The van der Waals surface area contributed by atoms with Crippen molar-refractivity contribution in [2.24, 2.45) is 9.98 Å². The number of nitrogens with one attached hydrogen (secondary N) is 6. The molecule has 0 bridgehead atoms. The van der Waals surface area contributed by atoms with Crippen molar-refractivity contribution in [3.05, 3.63) is 82.9 Å². The molecule has 2 aliphatic heterocycles. The molecule has 10 nitrogen and oxygen atoms in total. The summed E-state index contributed by atoms with van der Waals surface area (Å²) in [5.41, 5.74) is 3.97. The van der Waals surface area contributed by atoms with Crippen molar-refractivity contribution in [1.82, 2.24) is 10.6 Å². The van der Waals surface area contributed by atoms with Crippen molar-refractivity contribution < 1.29 is 9.59 Å². The lowest BCUT2D eigenvalue weighted by atomic mass is 10.1. The van der Waals surface area contributed by atoms with Crippen LogP contribution in [-0.2, 0) is 0 Å². The SMILES string of the molecule is Cl.O=C(Nc1cccc(C2=NCCCN2)c1)Nc1ccc(NC(=O)Nc2cccc(C3=NCCCN3)c2)c(Cl)c1. The zero-order valence-corrected chi connectivity index (χ0v) is 23.2. The third-order valence-corrected chi connectivity index (χ3v) is 6.37. The van der Waals surface area contributed by atoms with Gasteiger partial charge in [0.2, 0.25) is 0 Å². The topological polar surface area (TPSA) is 131 Å². The minimum atomic E-state index is -0.442. The highest BCUT2D eigenvalue weighted by Crippen LogP contribution is 2.26. The summed E-state index contributed by atoms with van der Waals surface area (Å²) in [6.45, 7) is 3.33. The van der Waals surface area contributed by atoms with Gasteiger partial charge >= 0.3 is 12.1 Å². The van der Waals surface area contributed by atoms with Crippen LogP contribution in [0.2, 0.25) is 5.02 Å². The van der Waals surface area contributed by atoms with Crippen LogP contribution in [0.5, 0.6) is 0 Å². The zero-order valence-electron chi connectivity index (χ0n) is 21.6. The maximum atomic E-state index is 12.6. The van der Waals surface area contributed by atoms with Gasteiger partial charge in [-0.2, -0.15) is 0 Å². The van der Waals surface area contributed by atoms with E-state index in [0.29, 0.717) is 22.7 Å². The lowest BCUT2D eigenvalue weighted by Gasteiger charge is -2.16. The molecule has 0 aliphatic carbocycles. The van der Waals surface area contributed by atoms with Crippen LogP contribution in [0.3, 0.4) is 0 Å². The average molecular weight is 582 g/mol. The lowest BCUT2D eigenvalue weighted by Crippen LogP contribution is -2.30.